The highest BCUT2D eigenvalue weighted by atomic mass is 16.7. The summed E-state index contributed by atoms with van der Waals surface area (Å²) in [5.41, 5.74) is 4.06. The highest BCUT2D eigenvalue weighted by Crippen LogP contribution is 2.30. The molecule has 2 aromatic rings. The van der Waals surface area contributed by atoms with Crippen molar-refractivity contribution in [2.75, 3.05) is 27.3 Å². The van der Waals surface area contributed by atoms with Gasteiger partial charge in [0, 0.05) is 38.4 Å². The van der Waals surface area contributed by atoms with Crippen LogP contribution in [0.4, 0.5) is 0 Å². The Labute approximate surface area is 245 Å². The van der Waals surface area contributed by atoms with E-state index in [0.29, 0.717) is 39.0 Å². The van der Waals surface area contributed by atoms with E-state index in [1.54, 1.807) is 14.2 Å². The van der Waals surface area contributed by atoms with E-state index in [1.807, 2.05) is 65.8 Å². The van der Waals surface area contributed by atoms with Gasteiger partial charge in [-0.05, 0) is 76.6 Å². The maximum atomic E-state index is 13.6. The molecule has 0 fully saturated rings. The van der Waals surface area contributed by atoms with Crippen molar-refractivity contribution in [2.45, 2.75) is 96.4 Å². The Morgan fingerprint density at radius 1 is 0.683 bits per heavy atom. The second kappa shape index (κ2) is 12.2. The summed E-state index contributed by atoms with van der Waals surface area (Å²) in [6.07, 6.45) is 1.21. The second-order valence-corrected chi connectivity index (χ2v) is 13.6. The van der Waals surface area contributed by atoms with Crippen molar-refractivity contribution in [3.8, 4) is 0 Å². The summed E-state index contributed by atoms with van der Waals surface area (Å²) < 4.78 is 12.3. The quantitative estimate of drug-likeness (QED) is 0.477. The highest BCUT2D eigenvalue weighted by molar-refractivity contribution is 5.83. The molecule has 41 heavy (non-hydrogen) atoms. The lowest BCUT2D eigenvalue weighted by atomic mass is 9.91. The molecule has 0 radical (unpaired) electrons. The van der Waals surface area contributed by atoms with Crippen molar-refractivity contribution in [3.63, 3.8) is 0 Å². The summed E-state index contributed by atoms with van der Waals surface area (Å²) >= 11 is 0. The van der Waals surface area contributed by atoms with Crippen molar-refractivity contribution in [1.29, 1.82) is 0 Å². The van der Waals surface area contributed by atoms with Gasteiger partial charge in [0.2, 0.25) is 11.8 Å². The van der Waals surface area contributed by atoms with Gasteiger partial charge in [-0.2, -0.15) is 0 Å². The van der Waals surface area contributed by atoms with Crippen LogP contribution in [-0.2, 0) is 45.0 Å². The Morgan fingerprint density at radius 3 is 1.34 bits per heavy atom. The zero-order valence-electron chi connectivity index (χ0n) is 26.0. The lowest BCUT2D eigenvalue weighted by Gasteiger charge is -2.46. The van der Waals surface area contributed by atoms with Crippen LogP contribution < -0.4 is 10.6 Å². The molecule has 2 N–H and O–H groups in total. The molecule has 0 aliphatic carbocycles. The van der Waals surface area contributed by atoms with Crippen LogP contribution in [0.3, 0.4) is 0 Å². The molecule has 2 heterocycles. The molecule has 2 aliphatic rings. The molecule has 2 amide bonds. The number of hydrogen-bond donors (Lipinski definition) is 2. The minimum atomic E-state index is -1.07. The van der Waals surface area contributed by atoms with Crippen molar-refractivity contribution in [3.05, 3.63) is 70.8 Å². The van der Waals surface area contributed by atoms with Gasteiger partial charge < -0.3 is 20.1 Å². The normalized spacial score (nSPS) is 20.2. The molecule has 2 atom stereocenters. The van der Waals surface area contributed by atoms with E-state index >= 15 is 0 Å². The first-order valence-corrected chi connectivity index (χ1v) is 14.6. The summed E-state index contributed by atoms with van der Waals surface area (Å²) in [5.74, 6) is -1.09. The van der Waals surface area contributed by atoms with Crippen molar-refractivity contribution in [2.24, 2.45) is 0 Å². The van der Waals surface area contributed by atoms with Gasteiger partial charge in [0.15, 0.2) is 5.79 Å². The third-order valence-electron chi connectivity index (χ3n) is 7.93. The predicted molar refractivity (Wildman–Crippen MR) is 161 cm³/mol. The fourth-order valence-corrected chi connectivity index (χ4v) is 5.92. The first-order chi connectivity index (χ1) is 19.2. The van der Waals surface area contributed by atoms with E-state index < -0.39 is 5.79 Å². The molecule has 0 spiro atoms. The number of nitrogens with one attached hydrogen (secondary N) is 2. The lowest BCUT2D eigenvalue weighted by molar-refractivity contribution is -0.232. The fraction of sp³-hybridized carbons (Fsp3) is 0.576. The summed E-state index contributed by atoms with van der Waals surface area (Å²) in [7, 11) is 3.29. The minimum Gasteiger partial charge on any atom is -0.351 e. The number of amides is 2. The predicted octanol–water partition coefficient (Wildman–Crippen LogP) is 3.66. The number of nitrogens with zero attached hydrogens (tertiary/aromatic N) is 2. The van der Waals surface area contributed by atoms with Crippen LogP contribution in [0.5, 0.6) is 0 Å². The van der Waals surface area contributed by atoms with Gasteiger partial charge in [-0.3, -0.25) is 19.4 Å². The van der Waals surface area contributed by atoms with Gasteiger partial charge in [-0.1, -0.05) is 48.5 Å². The molecular formula is C33H48N4O4. The maximum Gasteiger partial charge on any atom is 0.238 e. The number of ether oxygens (including phenoxy) is 2. The number of benzene rings is 2. The number of carbonyl (C=O) groups excluding carboxylic acids is 2. The first-order valence-electron chi connectivity index (χ1n) is 14.6. The third-order valence-corrected chi connectivity index (χ3v) is 7.93. The topological polar surface area (TPSA) is 83.1 Å². The van der Waals surface area contributed by atoms with E-state index in [1.165, 1.54) is 22.3 Å². The van der Waals surface area contributed by atoms with Gasteiger partial charge in [0.1, 0.15) is 0 Å². The number of carbonyl (C=O) groups is 2. The Morgan fingerprint density at radius 2 is 1.02 bits per heavy atom. The Kier molecular flexibility index (Phi) is 9.29. The maximum absolute atomic E-state index is 13.6. The molecule has 2 unspecified atom stereocenters. The van der Waals surface area contributed by atoms with E-state index in [2.05, 4.69) is 44.7 Å². The zero-order chi connectivity index (χ0) is 30.0. The molecule has 224 valence electrons. The molecule has 0 saturated carbocycles. The SMILES string of the molecule is COC(CN1Cc2ccccc2CC1C(=O)NC(C)(C)C)(CN1Cc2ccccc2CC1C(=O)NC(C)(C)C)OC. The largest absolute Gasteiger partial charge is 0.351 e. The van der Waals surface area contributed by atoms with Gasteiger partial charge >= 0.3 is 0 Å². The molecule has 0 saturated heterocycles. The van der Waals surface area contributed by atoms with Gasteiger partial charge in [0.05, 0.1) is 25.2 Å². The molecule has 8 nitrogen and oxygen atoms in total. The van der Waals surface area contributed by atoms with Crippen LogP contribution in [0, 0.1) is 0 Å². The van der Waals surface area contributed by atoms with Crippen molar-refractivity contribution in [1.82, 2.24) is 20.4 Å². The molecule has 0 bridgehead atoms. The second-order valence-electron chi connectivity index (χ2n) is 13.6. The summed E-state index contributed by atoms with van der Waals surface area (Å²) in [6, 6.07) is 15.8. The van der Waals surface area contributed by atoms with Crippen LogP contribution in [0.25, 0.3) is 0 Å². The lowest BCUT2D eigenvalue weighted by Crippen LogP contribution is -2.62. The number of methoxy groups -OCH3 is 2. The van der Waals surface area contributed by atoms with E-state index in [0.717, 1.165) is 0 Å². The third kappa shape index (κ3) is 7.74. The molecular weight excluding hydrogens is 516 g/mol. The minimum absolute atomic E-state index is 0.0116. The Balaban J connectivity index is 1.64. The zero-order valence-corrected chi connectivity index (χ0v) is 26.0. The van der Waals surface area contributed by atoms with Crippen molar-refractivity contribution < 1.29 is 19.1 Å². The van der Waals surface area contributed by atoms with Gasteiger partial charge in [-0.25, -0.2) is 0 Å². The number of hydrogen-bond acceptors (Lipinski definition) is 6. The molecule has 0 aromatic heterocycles. The van der Waals surface area contributed by atoms with Crippen LogP contribution >= 0.6 is 0 Å². The van der Waals surface area contributed by atoms with Gasteiger partial charge in [-0.15, -0.1) is 0 Å². The summed E-state index contributed by atoms with van der Waals surface area (Å²) in [5, 5.41) is 6.36. The molecule has 2 aliphatic heterocycles. The smallest absolute Gasteiger partial charge is 0.238 e. The van der Waals surface area contributed by atoms with Crippen molar-refractivity contribution >= 4 is 11.8 Å². The van der Waals surface area contributed by atoms with Crippen LogP contribution in [0.15, 0.2) is 48.5 Å². The summed E-state index contributed by atoms with van der Waals surface area (Å²) in [6.45, 7) is 13.9. The Bertz CT molecular complexity index is 1140. The fourth-order valence-electron chi connectivity index (χ4n) is 5.92. The van der Waals surface area contributed by atoms with E-state index in [-0.39, 0.29) is 35.0 Å². The summed E-state index contributed by atoms with van der Waals surface area (Å²) in [4.78, 5) is 31.5. The average Bonchev–Trinajstić information content (AvgIpc) is 2.89. The monoisotopic (exact) mass is 564 g/mol. The average molecular weight is 565 g/mol. The number of rotatable bonds is 8. The molecule has 2 aromatic carbocycles. The highest BCUT2D eigenvalue weighted by Gasteiger charge is 2.44. The first kappa shape index (κ1) is 31.2. The van der Waals surface area contributed by atoms with Crippen LogP contribution in [-0.4, -0.2) is 77.9 Å². The Hall–Kier alpha value is -2.78. The van der Waals surface area contributed by atoms with Gasteiger partial charge in [0.25, 0.3) is 0 Å². The van der Waals surface area contributed by atoms with E-state index in [9.17, 15) is 9.59 Å². The number of fused-ring (bicyclic) bond motifs is 2. The molecule has 4 rings (SSSR count). The van der Waals surface area contributed by atoms with Crippen LogP contribution in [0.2, 0.25) is 0 Å². The van der Waals surface area contributed by atoms with E-state index in [4.69, 9.17) is 9.47 Å². The molecule has 8 heteroatoms. The van der Waals surface area contributed by atoms with Crippen LogP contribution in [0.1, 0.15) is 63.8 Å². The standard InChI is InChI=1S/C33H48N4O4/c1-31(2,3)34-29(38)27-17-23-13-9-11-15-25(23)19-36(27)21-33(40-7,41-8)22-37-20-26-16-12-10-14-24(26)18-28(37)30(39)35-32(4,5)6/h9-16,27-28H,17-22H2,1-8H3,(H,34,38)(H,35,39).